The van der Waals surface area contributed by atoms with Gasteiger partial charge in [0.15, 0.2) is 0 Å². The number of hydrogen-bond donors (Lipinski definition) is 2. The van der Waals surface area contributed by atoms with Gasteiger partial charge in [-0.15, -0.1) is 0 Å². The number of hydrogen-bond acceptors (Lipinski definition) is 4. The highest BCUT2D eigenvalue weighted by Gasteiger charge is 2.25. The van der Waals surface area contributed by atoms with Gasteiger partial charge in [0.2, 0.25) is 0 Å². The monoisotopic (exact) mass is 263 g/mol. The Morgan fingerprint density at radius 1 is 1.32 bits per heavy atom. The number of nitrogens with two attached hydrogens (primary N) is 1. The maximum atomic E-state index is 6.39. The first-order chi connectivity index (χ1) is 9.08. The van der Waals surface area contributed by atoms with Crippen LogP contribution in [0.4, 0.5) is 0 Å². The van der Waals surface area contributed by atoms with Crippen molar-refractivity contribution in [3.63, 3.8) is 0 Å². The van der Waals surface area contributed by atoms with Crippen LogP contribution in [0, 0.1) is 0 Å². The molecule has 0 spiro atoms. The maximum absolute atomic E-state index is 6.39. The molecule has 19 heavy (non-hydrogen) atoms. The zero-order valence-corrected chi connectivity index (χ0v) is 12.1. The molecule has 106 valence electrons. The first kappa shape index (κ1) is 14.3. The smallest absolute Gasteiger partial charge is 0.119 e. The van der Waals surface area contributed by atoms with Gasteiger partial charge in [0.25, 0.3) is 0 Å². The van der Waals surface area contributed by atoms with Gasteiger partial charge < -0.3 is 15.8 Å². The van der Waals surface area contributed by atoms with Crippen LogP contribution in [0.1, 0.15) is 25.5 Å². The first-order valence-corrected chi connectivity index (χ1v) is 7.01. The van der Waals surface area contributed by atoms with E-state index in [1.165, 1.54) is 0 Å². The Bertz CT molecular complexity index is 391. The molecule has 1 fully saturated rings. The van der Waals surface area contributed by atoms with Crippen molar-refractivity contribution in [2.24, 2.45) is 5.73 Å². The summed E-state index contributed by atoms with van der Waals surface area (Å²) in [7, 11) is 2.14. The normalized spacial score (nSPS) is 22.5. The van der Waals surface area contributed by atoms with Crippen molar-refractivity contribution in [2.45, 2.75) is 32.0 Å². The van der Waals surface area contributed by atoms with Crippen LogP contribution in [-0.2, 0) is 0 Å². The van der Waals surface area contributed by atoms with Gasteiger partial charge in [0, 0.05) is 31.7 Å². The molecule has 1 aromatic rings. The molecule has 2 rings (SSSR count). The average molecular weight is 263 g/mol. The number of nitrogens with one attached hydrogen (secondary N) is 1. The molecule has 0 aliphatic carbocycles. The minimum atomic E-state index is 0.0332. The highest BCUT2D eigenvalue weighted by molar-refractivity contribution is 5.30. The Morgan fingerprint density at radius 3 is 2.58 bits per heavy atom. The Kier molecular flexibility index (Phi) is 4.80. The summed E-state index contributed by atoms with van der Waals surface area (Å²) in [5, 5.41) is 3.41. The van der Waals surface area contributed by atoms with E-state index in [2.05, 4.69) is 29.4 Å². The number of benzene rings is 1. The fourth-order valence-corrected chi connectivity index (χ4v) is 2.49. The van der Waals surface area contributed by atoms with Crippen molar-refractivity contribution >= 4 is 0 Å². The summed E-state index contributed by atoms with van der Waals surface area (Å²) < 4.78 is 5.65. The van der Waals surface area contributed by atoms with Gasteiger partial charge in [-0.3, -0.25) is 4.90 Å². The fraction of sp³-hybridized carbons (Fsp3) is 0.600. The Morgan fingerprint density at radius 2 is 2.00 bits per heavy atom. The van der Waals surface area contributed by atoms with Crippen LogP contribution in [0.5, 0.6) is 5.75 Å². The van der Waals surface area contributed by atoms with Crippen molar-refractivity contribution in [3.05, 3.63) is 29.8 Å². The largest absolute Gasteiger partial charge is 0.491 e. The average Bonchev–Trinajstić information content (AvgIpc) is 2.39. The quantitative estimate of drug-likeness (QED) is 0.861. The van der Waals surface area contributed by atoms with E-state index in [1.807, 2.05) is 26.0 Å². The Hall–Kier alpha value is -1.10. The zero-order valence-electron chi connectivity index (χ0n) is 12.1. The van der Waals surface area contributed by atoms with Gasteiger partial charge in [-0.05, 0) is 38.6 Å². The molecule has 3 N–H and O–H groups in total. The number of nitrogens with zero attached hydrogens (tertiary/aromatic N) is 1. The predicted molar refractivity (Wildman–Crippen MR) is 78.4 cm³/mol. The van der Waals surface area contributed by atoms with E-state index in [-0.39, 0.29) is 12.1 Å². The van der Waals surface area contributed by atoms with Gasteiger partial charge in [-0.2, -0.15) is 0 Å². The minimum absolute atomic E-state index is 0.0332. The van der Waals surface area contributed by atoms with Crippen molar-refractivity contribution in [1.82, 2.24) is 10.2 Å². The molecule has 1 saturated heterocycles. The van der Waals surface area contributed by atoms with E-state index in [9.17, 15) is 0 Å². The first-order valence-electron chi connectivity index (χ1n) is 7.01. The molecule has 0 aromatic heterocycles. The summed E-state index contributed by atoms with van der Waals surface area (Å²) in [6.45, 7) is 7.10. The molecule has 2 atom stereocenters. The fourth-order valence-electron chi connectivity index (χ4n) is 2.49. The molecular formula is C15H25N3O. The number of piperazine rings is 1. The van der Waals surface area contributed by atoms with Gasteiger partial charge in [-0.25, -0.2) is 0 Å². The second-order valence-corrected chi connectivity index (χ2v) is 5.51. The molecule has 4 heteroatoms. The van der Waals surface area contributed by atoms with Crippen molar-refractivity contribution in [1.29, 1.82) is 0 Å². The molecule has 0 saturated carbocycles. The van der Waals surface area contributed by atoms with E-state index in [0.29, 0.717) is 6.04 Å². The maximum Gasteiger partial charge on any atom is 0.119 e. The van der Waals surface area contributed by atoms with Gasteiger partial charge in [0.1, 0.15) is 5.75 Å². The third-order valence-corrected chi connectivity index (χ3v) is 3.61. The lowest BCUT2D eigenvalue weighted by Gasteiger charge is -2.37. The Labute approximate surface area is 115 Å². The minimum Gasteiger partial charge on any atom is -0.491 e. The number of ether oxygens (including phenoxy) is 1. The lowest BCUT2D eigenvalue weighted by Crippen LogP contribution is -2.53. The predicted octanol–water partition coefficient (Wildman–Crippen LogP) is 1.38. The van der Waals surface area contributed by atoms with Crippen LogP contribution in [0.2, 0.25) is 0 Å². The van der Waals surface area contributed by atoms with Crippen LogP contribution in [0.3, 0.4) is 0 Å². The zero-order chi connectivity index (χ0) is 13.8. The van der Waals surface area contributed by atoms with E-state index in [4.69, 9.17) is 10.5 Å². The lowest BCUT2D eigenvalue weighted by atomic mass is 9.98. The molecule has 4 nitrogen and oxygen atoms in total. The van der Waals surface area contributed by atoms with E-state index >= 15 is 0 Å². The van der Waals surface area contributed by atoms with Crippen LogP contribution < -0.4 is 15.8 Å². The number of likely N-dealkylation sites (N-methyl/N-ethyl adjacent to an activating group) is 1. The molecule has 1 aliphatic rings. The standard InChI is InChI=1S/C15H25N3O/c1-11(2)19-13-6-4-12(5-7-13)15(16)14-10-17-8-9-18(14)3/h4-7,11,14-15,17H,8-10,16H2,1-3H3. The van der Waals surface area contributed by atoms with E-state index in [0.717, 1.165) is 30.9 Å². The topological polar surface area (TPSA) is 50.5 Å². The summed E-state index contributed by atoms with van der Waals surface area (Å²) in [6.07, 6.45) is 0.202. The van der Waals surface area contributed by atoms with Crippen molar-refractivity contribution in [2.75, 3.05) is 26.7 Å². The van der Waals surface area contributed by atoms with Crippen molar-refractivity contribution in [3.8, 4) is 5.75 Å². The van der Waals surface area contributed by atoms with Crippen LogP contribution in [0.25, 0.3) is 0 Å². The molecule has 1 aliphatic heterocycles. The molecule has 0 bridgehead atoms. The summed E-state index contributed by atoms with van der Waals surface area (Å²) in [6, 6.07) is 8.54. The summed E-state index contributed by atoms with van der Waals surface area (Å²) >= 11 is 0. The van der Waals surface area contributed by atoms with Gasteiger partial charge >= 0.3 is 0 Å². The highest BCUT2D eigenvalue weighted by atomic mass is 16.5. The summed E-state index contributed by atoms with van der Waals surface area (Å²) in [4.78, 5) is 2.33. The SMILES string of the molecule is CC(C)Oc1ccc(C(N)C2CNCCN2C)cc1. The van der Waals surface area contributed by atoms with E-state index in [1.54, 1.807) is 0 Å². The summed E-state index contributed by atoms with van der Waals surface area (Å²) in [5.74, 6) is 0.904. The summed E-state index contributed by atoms with van der Waals surface area (Å²) in [5.41, 5.74) is 7.55. The molecule has 1 heterocycles. The van der Waals surface area contributed by atoms with Crippen LogP contribution >= 0.6 is 0 Å². The van der Waals surface area contributed by atoms with Crippen LogP contribution in [0.15, 0.2) is 24.3 Å². The van der Waals surface area contributed by atoms with Crippen LogP contribution in [-0.4, -0.2) is 43.7 Å². The number of rotatable bonds is 4. The molecule has 0 radical (unpaired) electrons. The second kappa shape index (κ2) is 6.37. The van der Waals surface area contributed by atoms with Gasteiger partial charge in [-0.1, -0.05) is 12.1 Å². The third kappa shape index (κ3) is 3.69. The van der Waals surface area contributed by atoms with E-state index < -0.39 is 0 Å². The molecule has 0 amide bonds. The Balaban J connectivity index is 2.04. The van der Waals surface area contributed by atoms with Gasteiger partial charge in [0.05, 0.1) is 6.10 Å². The lowest BCUT2D eigenvalue weighted by molar-refractivity contribution is 0.174. The second-order valence-electron chi connectivity index (χ2n) is 5.51. The highest BCUT2D eigenvalue weighted by Crippen LogP contribution is 2.22. The molecule has 1 aromatic carbocycles. The third-order valence-electron chi connectivity index (χ3n) is 3.61. The molecular weight excluding hydrogens is 238 g/mol. The van der Waals surface area contributed by atoms with Crippen molar-refractivity contribution < 1.29 is 4.74 Å². The molecule has 2 unspecified atom stereocenters.